The van der Waals surface area contributed by atoms with Crippen LogP contribution in [-0.4, -0.2) is 25.5 Å². The molecular formula is C13H14N4O2. The first-order chi connectivity index (χ1) is 9.20. The lowest BCUT2D eigenvalue weighted by Crippen LogP contribution is -2.01. The first kappa shape index (κ1) is 11.7. The number of imidazole rings is 1. The molecule has 98 valence electrons. The van der Waals surface area contributed by atoms with Crippen LogP contribution in [0.15, 0.2) is 22.8 Å². The zero-order valence-electron chi connectivity index (χ0n) is 10.8. The van der Waals surface area contributed by atoms with Crippen molar-refractivity contribution in [3.8, 4) is 0 Å². The standard InChI is InChI=1S/C13H14N4O2/c1-9-11(8-18)17-13(14-9)16(2)12(15-17)6-5-10-4-3-7-19-10/h3-4,7-8H,5-6H2,1-2H3. The lowest BCUT2D eigenvalue weighted by molar-refractivity contribution is 0.111. The van der Waals surface area contributed by atoms with Crippen LogP contribution >= 0.6 is 0 Å². The van der Waals surface area contributed by atoms with Gasteiger partial charge in [-0.25, -0.2) is 4.98 Å². The van der Waals surface area contributed by atoms with Crippen molar-refractivity contribution in [3.63, 3.8) is 0 Å². The van der Waals surface area contributed by atoms with E-state index in [1.165, 1.54) is 0 Å². The zero-order valence-corrected chi connectivity index (χ0v) is 10.8. The smallest absolute Gasteiger partial charge is 0.232 e. The van der Waals surface area contributed by atoms with Gasteiger partial charge in [0, 0.05) is 19.9 Å². The number of carbonyl (C=O) groups is 1. The van der Waals surface area contributed by atoms with E-state index in [1.54, 1.807) is 17.7 Å². The molecule has 19 heavy (non-hydrogen) atoms. The van der Waals surface area contributed by atoms with Crippen LogP contribution in [-0.2, 0) is 19.9 Å². The summed E-state index contributed by atoms with van der Waals surface area (Å²) in [5, 5.41) is 4.45. The van der Waals surface area contributed by atoms with Gasteiger partial charge in [0.1, 0.15) is 17.3 Å². The summed E-state index contributed by atoms with van der Waals surface area (Å²) in [5.41, 5.74) is 1.21. The third-order valence-corrected chi connectivity index (χ3v) is 3.25. The van der Waals surface area contributed by atoms with Crippen molar-refractivity contribution in [1.29, 1.82) is 0 Å². The summed E-state index contributed by atoms with van der Waals surface area (Å²) in [6, 6.07) is 3.81. The number of hydrogen-bond acceptors (Lipinski definition) is 4. The monoisotopic (exact) mass is 258 g/mol. The highest BCUT2D eigenvalue weighted by atomic mass is 16.3. The molecule has 0 bridgehead atoms. The maximum absolute atomic E-state index is 11.0. The van der Waals surface area contributed by atoms with E-state index in [4.69, 9.17) is 4.42 Å². The predicted octanol–water partition coefficient (Wildman–Crippen LogP) is 1.57. The Hall–Kier alpha value is -2.37. The van der Waals surface area contributed by atoms with E-state index in [-0.39, 0.29) is 0 Å². The van der Waals surface area contributed by atoms with Crippen molar-refractivity contribution < 1.29 is 9.21 Å². The minimum Gasteiger partial charge on any atom is -0.469 e. The van der Waals surface area contributed by atoms with E-state index >= 15 is 0 Å². The molecule has 0 unspecified atom stereocenters. The zero-order chi connectivity index (χ0) is 13.4. The molecule has 0 aromatic carbocycles. The van der Waals surface area contributed by atoms with E-state index in [0.29, 0.717) is 17.2 Å². The Morgan fingerprint density at radius 3 is 2.95 bits per heavy atom. The second-order valence-electron chi connectivity index (χ2n) is 4.47. The van der Waals surface area contributed by atoms with Crippen LogP contribution in [0.25, 0.3) is 5.78 Å². The quantitative estimate of drug-likeness (QED) is 0.666. The molecule has 3 aromatic rings. The summed E-state index contributed by atoms with van der Waals surface area (Å²) in [7, 11) is 1.90. The molecule has 0 N–H and O–H groups in total. The summed E-state index contributed by atoms with van der Waals surface area (Å²) in [6.45, 7) is 1.81. The van der Waals surface area contributed by atoms with Crippen LogP contribution in [0, 0.1) is 6.92 Å². The molecule has 0 saturated carbocycles. The molecule has 0 radical (unpaired) electrons. The van der Waals surface area contributed by atoms with E-state index in [0.717, 1.165) is 30.7 Å². The van der Waals surface area contributed by atoms with Crippen LogP contribution in [0.3, 0.4) is 0 Å². The number of fused-ring (bicyclic) bond motifs is 1. The molecule has 3 rings (SSSR count). The fraction of sp³-hybridized carbons (Fsp3) is 0.308. The number of hydrogen-bond donors (Lipinski definition) is 0. The van der Waals surface area contributed by atoms with Crippen molar-refractivity contribution >= 4 is 12.1 Å². The van der Waals surface area contributed by atoms with Crippen molar-refractivity contribution in [3.05, 3.63) is 41.4 Å². The predicted molar refractivity (Wildman–Crippen MR) is 68.2 cm³/mol. The molecule has 0 amide bonds. The van der Waals surface area contributed by atoms with Crippen LogP contribution in [0.4, 0.5) is 0 Å². The van der Waals surface area contributed by atoms with Crippen LogP contribution in [0.2, 0.25) is 0 Å². The molecule has 0 spiro atoms. The van der Waals surface area contributed by atoms with Gasteiger partial charge >= 0.3 is 0 Å². The lowest BCUT2D eigenvalue weighted by atomic mass is 10.2. The van der Waals surface area contributed by atoms with Crippen molar-refractivity contribution in [1.82, 2.24) is 19.2 Å². The van der Waals surface area contributed by atoms with Gasteiger partial charge in [0.05, 0.1) is 12.0 Å². The first-order valence-electron chi connectivity index (χ1n) is 6.09. The van der Waals surface area contributed by atoms with Gasteiger partial charge in [-0.2, -0.15) is 9.61 Å². The lowest BCUT2D eigenvalue weighted by Gasteiger charge is -1.98. The molecule has 6 heteroatoms. The molecule has 0 saturated heterocycles. The highest BCUT2D eigenvalue weighted by Gasteiger charge is 2.15. The largest absolute Gasteiger partial charge is 0.469 e. The molecule has 0 atom stereocenters. The fourth-order valence-electron chi connectivity index (χ4n) is 2.17. The van der Waals surface area contributed by atoms with Gasteiger partial charge in [-0.3, -0.25) is 9.36 Å². The van der Waals surface area contributed by atoms with Gasteiger partial charge in [0.15, 0.2) is 6.29 Å². The molecule has 6 nitrogen and oxygen atoms in total. The third-order valence-electron chi connectivity index (χ3n) is 3.25. The summed E-state index contributed by atoms with van der Waals surface area (Å²) in [6.07, 6.45) is 3.97. The Labute approximate surface area is 109 Å². The second-order valence-corrected chi connectivity index (χ2v) is 4.47. The maximum Gasteiger partial charge on any atom is 0.232 e. The van der Waals surface area contributed by atoms with Crippen LogP contribution in [0.1, 0.15) is 27.8 Å². The Bertz CT molecular complexity index is 722. The van der Waals surface area contributed by atoms with E-state index in [2.05, 4.69) is 10.1 Å². The van der Waals surface area contributed by atoms with Gasteiger partial charge < -0.3 is 4.42 Å². The third kappa shape index (κ3) is 1.85. The summed E-state index contributed by atoms with van der Waals surface area (Å²) < 4.78 is 8.80. The van der Waals surface area contributed by atoms with Gasteiger partial charge in [-0.05, 0) is 19.1 Å². The second kappa shape index (κ2) is 4.38. The summed E-state index contributed by atoms with van der Waals surface area (Å²) >= 11 is 0. The van der Waals surface area contributed by atoms with Crippen LogP contribution < -0.4 is 0 Å². The number of aromatic nitrogens is 4. The Morgan fingerprint density at radius 1 is 1.42 bits per heavy atom. The number of nitrogens with zero attached hydrogens (tertiary/aromatic N) is 4. The summed E-state index contributed by atoms with van der Waals surface area (Å²) in [4.78, 5) is 15.4. The van der Waals surface area contributed by atoms with Crippen molar-refractivity contribution in [2.24, 2.45) is 7.05 Å². The van der Waals surface area contributed by atoms with E-state index in [9.17, 15) is 4.79 Å². The normalized spacial score (nSPS) is 11.3. The number of rotatable bonds is 4. The van der Waals surface area contributed by atoms with Crippen LogP contribution in [0.5, 0.6) is 0 Å². The maximum atomic E-state index is 11.0. The molecule has 3 aromatic heterocycles. The van der Waals surface area contributed by atoms with E-state index < -0.39 is 0 Å². The highest BCUT2D eigenvalue weighted by molar-refractivity contribution is 5.75. The molecule has 0 aliphatic heterocycles. The average molecular weight is 258 g/mol. The van der Waals surface area contributed by atoms with Crippen molar-refractivity contribution in [2.45, 2.75) is 19.8 Å². The molecular weight excluding hydrogens is 244 g/mol. The average Bonchev–Trinajstić information content (AvgIpc) is 3.06. The van der Waals surface area contributed by atoms with Gasteiger partial charge in [-0.15, -0.1) is 0 Å². The Morgan fingerprint density at radius 2 is 2.26 bits per heavy atom. The number of aryl methyl sites for hydroxylation is 4. The minimum absolute atomic E-state index is 0.509. The highest BCUT2D eigenvalue weighted by Crippen LogP contribution is 2.13. The SMILES string of the molecule is Cc1nc2n(C)c(CCc3ccco3)nn2c1C=O. The van der Waals surface area contributed by atoms with Gasteiger partial charge in [0.25, 0.3) is 0 Å². The number of furan rings is 1. The Balaban J connectivity index is 1.94. The molecule has 0 fully saturated rings. The molecule has 0 aliphatic carbocycles. The topological polar surface area (TPSA) is 65.3 Å². The molecule has 0 aliphatic rings. The number of aldehydes is 1. The Kier molecular flexibility index (Phi) is 2.70. The minimum atomic E-state index is 0.509. The fourth-order valence-corrected chi connectivity index (χ4v) is 2.17. The van der Waals surface area contributed by atoms with Gasteiger partial charge in [-0.1, -0.05) is 0 Å². The number of carbonyl (C=O) groups excluding carboxylic acids is 1. The molecule has 3 heterocycles. The van der Waals surface area contributed by atoms with Gasteiger partial charge in [0.2, 0.25) is 5.78 Å². The van der Waals surface area contributed by atoms with E-state index in [1.807, 2.05) is 23.7 Å². The van der Waals surface area contributed by atoms with Crippen molar-refractivity contribution in [2.75, 3.05) is 0 Å². The first-order valence-corrected chi connectivity index (χ1v) is 6.09. The summed E-state index contributed by atoms with van der Waals surface area (Å²) in [5.74, 6) is 2.49.